The number of thiophene rings is 1. The summed E-state index contributed by atoms with van der Waals surface area (Å²) in [6, 6.07) is 7.93. The lowest BCUT2D eigenvalue weighted by Gasteiger charge is -2.38. The second kappa shape index (κ2) is 8.06. The number of ether oxygens (including phenoxy) is 2. The minimum Gasteiger partial charge on any atom is -0.493 e. The van der Waals surface area contributed by atoms with Gasteiger partial charge in [-0.3, -0.25) is 9.59 Å². The van der Waals surface area contributed by atoms with E-state index < -0.39 is 0 Å². The van der Waals surface area contributed by atoms with Crippen molar-refractivity contribution in [2.45, 2.75) is 25.8 Å². The van der Waals surface area contributed by atoms with Crippen LogP contribution in [-0.4, -0.2) is 55.5 Å². The molecule has 0 bridgehead atoms. The highest BCUT2D eigenvalue weighted by molar-refractivity contribution is 7.10. The monoisotopic (exact) mass is 414 g/mol. The zero-order valence-electron chi connectivity index (χ0n) is 17.0. The number of nitrogens with zero attached hydrogens (tertiary/aromatic N) is 2. The van der Waals surface area contributed by atoms with Gasteiger partial charge in [0.05, 0.1) is 26.2 Å². The van der Waals surface area contributed by atoms with Crippen molar-refractivity contribution in [3.63, 3.8) is 0 Å². The maximum absolute atomic E-state index is 13.5. The summed E-state index contributed by atoms with van der Waals surface area (Å²) in [5.74, 6) is 1.23. The Morgan fingerprint density at radius 1 is 1.24 bits per heavy atom. The van der Waals surface area contributed by atoms with Crippen LogP contribution in [0.25, 0.3) is 0 Å². The van der Waals surface area contributed by atoms with Gasteiger partial charge in [0.1, 0.15) is 0 Å². The number of hydrogen-bond acceptors (Lipinski definition) is 5. The Morgan fingerprint density at radius 3 is 2.62 bits per heavy atom. The van der Waals surface area contributed by atoms with Crippen LogP contribution in [0.2, 0.25) is 0 Å². The van der Waals surface area contributed by atoms with E-state index in [2.05, 4.69) is 6.07 Å². The third-order valence-electron chi connectivity index (χ3n) is 5.91. The predicted octanol–water partition coefficient (Wildman–Crippen LogP) is 3.11. The highest BCUT2D eigenvalue weighted by atomic mass is 32.1. The Kier molecular flexibility index (Phi) is 5.50. The average Bonchev–Trinajstić information content (AvgIpc) is 3.40. The van der Waals surface area contributed by atoms with Crippen LogP contribution in [0.15, 0.2) is 29.6 Å². The third kappa shape index (κ3) is 3.48. The van der Waals surface area contributed by atoms with E-state index in [1.54, 1.807) is 30.5 Å². The van der Waals surface area contributed by atoms with Crippen LogP contribution >= 0.6 is 11.3 Å². The fourth-order valence-corrected chi connectivity index (χ4v) is 5.27. The summed E-state index contributed by atoms with van der Waals surface area (Å²) in [7, 11) is 3.26. The van der Waals surface area contributed by atoms with E-state index in [0.717, 1.165) is 16.9 Å². The van der Waals surface area contributed by atoms with E-state index in [-0.39, 0.29) is 23.8 Å². The predicted molar refractivity (Wildman–Crippen MR) is 111 cm³/mol. The molecule has 0 saturated carbocycles. The molecule has 1 aromatic heterocycles. The van der Waals surface area contributed by atoms with Crippen molar-refractivity contribution in [1.82, 2.24) is 9.80 Å². The van der Waals surface area contributed by atoms with Crippen molar-refractivity contribution in [2.75, 3.05) is 33.9 Å². The van der Waals surface area contributed by atoms with Gasteiger partial charge in [-0.05, 0) is 48.1 Å². The quantitative estimate of drug-likeness (QED) is 0.754. The zero-order valence-corrected chi connectivity index (χ0v) is 17.8. The molecule has 2 amide bonds. The number of carbonyl (C=O) groups excluding carboxylic acids is 2. The molecule has 1 saturated heterocycles. The molecule has 2 aliphatic heterocycles. The lowest BCUT2D eigenvalue weighted by atomic mass is 9.89. The topological polar surface area (TPSA) is 59.1 Å². The Labute approximate surface area is 175 Å². The minimum atomic E-state index is -0.272. The van der Waals surface area contributed by atoms with Crippen LogP contribution in [0.3, 0.4) is 0 Å². The highest BCUT2D eigenvalue weighted by Crippen LogP contribution is 2.43. The van der Waals surface area contributed by atoms with Crippen LogP contribution in [-0.2, 0) is 16.0 Å². The molecule has 2 aliphatic rings. The molecule has 0 aliphatic carbocycles. The van der Waals surface area contributed by atoms with Gasteiger partial charge in [-0.15, -0.1) is 11.3 Å². The Morgan fingerprint density at radius 2 is 2.00 bits per heavy atom. The molecule has 2 unspecified atom stereocenters. The molecule has 0 radical (unpaired) electrons. The second-order valence-corrected chi connectivity index (χ2v) is 8.42. The van der Waals surface area contributed by atoms with Gasteiger partial charge in [0.15, 0.2) is 11.5 Å². The van der Waals surface area contributed by atoms with Crippen molar-refractivity contribution in [1.29, 1.82) is 0 Å². The molecule has 0 N–H and O–H groups in total. The summed E-state index contributed by atoms with van der Waals surface area (Å²) >= 11 is 1.64. The zero-order chi connectivity index (χ0) is 20.5. The maximum atomic E-state index is 13.5. The van der Waals surface area contributed by atoms with Crippen molar-refractivity contribution < 1.29 is 19.1 Å². The number of methoxy groups -OCH3 is 2. The molecule has 1 aromatic carbocycles. The molecule has 7 heteroatoms. The number of rotatable bonds is 5. The number of hydrogen-bond donors (Lipinski definition) is 0. The summed E-state index contributed by atoms with van der Waals surface area (Å²) < 4.78 is 11.0. The first kappa shape index (κ1) is 19.8. The number of likely N-dealkylation sites (tertiary alicyclic amines) is 1. The van der Waals surface area contributed by atoms with Crippen LogP contribution in [0.1, 0.15) is 35.4 Å². The smallest absolute Gasteiger partial charge is 0.228 e. The number of amides is 2. The Balaban J connectivity index is 1.73. The van der Waals surface area contributed by atoms with Crippen molar-refractivity contribution >= 4 is 23.2 Å². The maximum Gasteiger partial charge on any atom is 0.228 e. The lowest BCUT2D eigenvalue weighted by molar-refractivity contribution is -0.137. The molecule has 0 spiro atoms. The molecule has 2 atom stereocenters. The molecule has 6 nitrogen and oxygen atoms in total. The summed E-state index contributed by atoms with van der Waals surface area (Å²) in [6.07, 6.45) is 1.06. The normalized spacial score (nSPS) is 21.3. The summed E-state index contributed by atoms with van der Waals surface area (Å²) in [5.41, 5.74) is 2.24. The highest BCUT2D eigenvalue weighted by Gasteiger charge is 2.40. The first-order chi connectivity index (χ1) is 14.1. The molecule has 154 valence electrons. The van der Waals surface area contributed by atoms with Gasteiger partial charge in [0.2, 0.25) is 11.8 Å². The summed E-state index contributed by atoms with van der Waals surface area (Å²) in [4.78, 5) is 30.5. The molecule has 2 aromatic rings. The Bertz CT molecular complexity index is 912. The van der Waals surface area contributed by atoms with Gasteiger partial charge in [-0.25, -0.2) is 0 Å². The molecular weight excluding hydrogens is 388 g/mol. The SMILES string of the molecule is CCN1CC(C(=O)N2CCc3cc(OC)c(OC)cc3C2c2cccs2)CC1=O. The van der Waals surface area contributed by atoms with Gasteiger partial charge >= 0.3 is 0 Å². The van der Waals surface area contributed by atoms with E-state index in [9.17, 15) is 9.59 Å². The van der Waals surface area contributed by atoms with Crippen molar-refractivity contribution in [3.05, 3.63) is 45.6 Å². The van der Waals surface area contributed by atoms with E-state index in [0.29, 0.717) is 37.6 Å². The van der Waals surface area contributed by atoms with E-state index in [4.69, 9.17) is 9.47 Å². The van der Waals surface area contributed by atoms with Gasteiger partial charge in [-0.2, -0.15) is 0 Å². The minimum absolute atomic E-state index is 0.0631. The standard InChI is InChI=1S/C22H26N2O4S/c1-4-23-13-15(11-20(23)25)22(26)24-8-7-14-10-17(27-2)18(28-3)12-16(14)21(24)19-6-5-9-29-19/h5-6,9-10,12,15,21H,4,7-8,11,13H2,1-3H3. The third-order valence-corrected chi connectivity index (χ3v) is 6.84. The van der Waals surface area contributed by atoms with Gasteiger partial charge in [0.25, 0.3) is 0 Å². The fraction of sp³-hybridized carbons (Fsp3) is 0.455. The van der Waals surface area contributed by atoms with Gasteiger partial charge in [0, 0.05) is 30.9 Å². The van der Waals surface area contributed by atoms with Crippen molar-refractivity contribution in [2.24, 2.45) is 5.92 Å². The Hall–Kier alpha value is -2.54. The molecule has 1 fully saturated rings. The van der Waals surface area contributed by atoms with Crippen LogP contribution in [0.4, 0.5) is 0 Å². The van der Waals surface area contributed by atoms with E-state index >= 15 is 0 Å². The van der Waals surface area contributed by atoms with Crippen LogP contribution in [0, 0.1) is 5.92 Å². The van der Waals surface area contributed by atoms with Crippen LogP contribution < -0.4 is 9.47 Å². The fourth-order valence-electron chi connectivity index (χ4n) is 4.41. The largest absolute Gasteiger partial charge is 0.493 e. The first-order valence-electron chi connectivity index (χ1n) is 9.93. The molecule has 3 heterocycles. The average molecular weight is 415 g/mol. The first-order valence-corrected chi connectivity index (χ1v) is 10.8. The molecular formula is C22H26N2O4S. The van der Waals surface area contributed by atoms with Crippen LogP contribution in [0.5, 0.6) is 11.5 Å². The van der Waals surface area contributed by atoms with Gasteiger partial charge < -0.3 is 19.3 Å². The van der Waals surface area contributed by atoms with Crippen molar-refractivity contribution in [3.8, 4) is 11.5 Å². The molecule has 29 heavy (non-hydrogen) atoms. The van der Waals surface area contributed by atoms with E-state index in [1.807, 2.05) is 35.4 Å². The molecule has 4 rings (SSSR count). The van der Waals surface area contributed by atoms with Gasteiger partial charge in [-0.1, -0.05) is 6.07 Å². The summed E-state index contributed by atoms with van der Waals surface area (Å²) in [5, 5.41) is 2.03. The lowest BCUT2D eigenvalue weighted by Crippen LogP contribution is -2.44. The number of benzene rings is 1. The number of fused-ring (bicyclic) bond motifs is 1. The summed E-state index contributed by atoms with van der Waals surface area (Å²) in [6.45, 7) is 3.74. The second-order valence-electron chi connectivity index (χ2n) is 7.44. The number of carbonyl (C=O) groups is 2. The van der Waals surface area contributed by atoms with E-state index in [1.165, 1.54) is 5.56 Å².